The summed E-state index contributed by atoms with van der Waals surface area (Å²) in [6.45, 7) is 6.72. The van der Waals surface area contributed by atoms with Crippen molar-refractivity contribution >= 4 is 16.7 Å². The number of nitrogens with zero attached hydrogens (tertiary/aromatic N) is 2. The lowest BCUT2D eigenvalue weighted by molar-refractivity contribution is 0.273. The number of fused-ring (bicyclic) bond motifs is 1. The van der Waals surface area contributed by atoms with Crippen molar-refractivity contribution in [2.45, 2.75) is 45.6 Å². The Bertz CT molecular complexity index is 560. The van der Waals surface area contributed by atoms with Gasteiger partial charge in [-0.15, -0.1) is 0 Å². The van der Waals surface area contributed by atoms with E-state index in [4.69, 9.17) is 15.8 Å². The predicted molar refractivity (Wildman–Crippen MR) is 79.3 cm³/mol. The van der Waals surface area contributed by atoms with E-state index < -0.39 is 0 Å². The van der Waals surface area contributed by atoms with Gasteiger partial charge in [-0.25, -0.2) is 4.98 Å². The number of nitrogen functional groups attached to an aromatic ring is 1. The second kappa shape index (κ2) is 5.61. The lowest BCUT2D eigenvalue weighted by Crippen LogP contribution is -2.11. The van der Waals surface area contributed by atoms with Gasteiger partial charge in [-0.2, -0.15) is 0 Å². The third-order valence-electron chi connectivity index (χ3n) is 3.48. The first kappa shape index (κ1) is 13.9. The van der Waals surface area contributed by atoms with E-state index in [1.807, 2.05) is 18.2 Å². The van der Waals surface area contributed by atoms with Crippen molar-refractivity contribution in [2.24, 2.45) is 0 Å². The highest BCUT2D eigenvalue weighted by molar-refractivity contribution is 5.80. The van der Waals surface area contributed by atoms with Crippen LogP contribution in [0, 0.1) is 0 Å². The third kappa shape index (κ3) is 2.73. The van der Waals surface area contributed by atoms with E-state index in [0.29, 0.717) is 12.0 Å². The molecule has 0 saturated heterocycles. The Kier molecular flexibility index (Phi) is 4.10. The number of anilines is 1. The molecule has 2 rings (SSSR count). The smallest absolute Gasteiger partial charge is 0.112 e. The highest BCUT2D eigenvalue weighted by atomic mass is 16.2. The number of imidazole rings is 1. The lowest BCUT2D eigenvalue weighted by Gasteiger charge is -2.19. The molecule has 1 unspecified atom stereocenters. The van der Waals surface area contributed by atoms with Gasteiger partial charge in [0, 0.05) is 24.3 Å². The van der Waals surface area contributed by atoms with E-state index >= 15 is 0 Å². The molecule has 1 aromatic heterocycles. The maximum absolute atomic E-state index is 9.00. The number of hydrogen-bond donors (Lipinski definition) is 2. The molecule has 4 heteroatoms. The summed E-state index contributed by atoms with van der Waals surface area (Å²) in [6, 6.07) is 6.22. The van der Waals surface area contributed by atoms with Crippen molar-refractivity contribution in [2.75, 3.05) is 12.3 Å². The van der Waals surface area contributed by atoms with Gasteiger partial charge in [0.05, 0.1) is 11.0 Å². The van der Waals surface area contributed by atoms with Crippen LogP contribution in [0.5, 0.6) is 0 Å². The molecule has 0 aliphatic heterocycles. The first-order chi connectivity index (χ1) is 9.04. The van der Waals surface area contributed by atoms with Crippen LogP contribution in [0.25, 0.3) is 11.0 Å². The minimum atomic E-state index is 0.237. The second-order valence-electron chi connectivity index (χ2n) is 5.46. The molecule has 0 bridgehead atoms. The van der Waals surface area contributed by atoms with Crippen LogP contribution >= 0.6 is 0 Å². The largest absolute Gasteiger partial charge is 0.399 e. The standard InChI is InChI=1S/C15H23N3O/c1-10(2)15-17-13-9-12(16)6-7-14(13)18(15)11(3)5-4-8-19/h6-7,9-11,19H,4-5,8,16H2,1-3H3. The molecule has 2 aromatic rings. The first-order valence-corrected chi connectivity index (χ1v) is 6.92. The molecule has 19 heavy (non-hydrogen) atoms. The topological polar surface area (TPSA) is 64.1 Å². The van der Waals surface area contributed by atoms with Gasteiger partial charge >= 0.3 is 0 Å². The number of aliphatic hydroxyl groups excluding tert-OH is 1. The minimum Gasteiger partial charge on any atom is -0.399 e. The van der Waals surface area contributed by atoms with Crippen molar-refractivity contribution in [3.05, 3.63) is 24.0 Å². The summed E-state index contributed by atoms with van der Waals surface area (Å²) in [4.78, 5) is 4.72. The quantitative estimate of drug-likeness (QED) is 0.813. The monoisotopic (exact) mass is 261 g/mol. The maximum atomic E-state index is 9.00. The molecule has 4 nitrogen and oxygen atoms in total. The molecule has 0 spiro atoms. The van der Waals surface area contributed by atoms with Crippen molar-refractivity contribution in [3.8, 4) is 0 Å². The molecule has 1 aromatic carbocycles. The summed E-state index contributed by atoms with van der Waals surface area (Å²) in [5.41, 5.74) is 8.67. The van der Waals surface area contributed by atoms with Crippen LogP contribution in [-0.4, -0.2) is 21.3 Å². The molecule has 1 heterocycles. The zero-order valence-electron chi connectivity index (χ0n) is 11.9. The number of benzene rings is 1. The van der Waals surface area contributed by atoms with E-state index in [-0.39, 0.29) is 6.61 Å². The highest BCUT2D eigenvalue weighted by Crippen LogP contribution is 2.28. The molecular weight excluding hydrogens is 238 g/mol. The molecule has 0 aliphatic carbocycles. The zero-order chi connectivity index (χ0) is 14.0. The predicted octanol–water partition coefficient (Wildman–Crippen LogP) is 3.08. The van der Waals surface area contributed by atoms with Crippen LogP contribution in [0.4, 0.5) is 5.69 Å². The van der Waals surface area contributed by atoms with Gasteiger partial charge in [-0.1, -0.05) is 13.8 Å². The minimum absolute atomic E-state index is 0.237. The molecule has 0 saturated carbocycles. The summed E-state index contributed by atoms with van der Waals surface area (Å²) in [7, 11) is 0. The fourth-order valence-corrected chi connectivity index (χ4v) is 2.52. The van der Waals surface area contributed by atoms with Crippen LogP contribution < -0.4 is 5.73 Å². The van der Waals surface area contributed by atoms with Crippen molar-refractivity contribution in [1.29, 1.82) is 0 Å². The SMILES string of the molecule is CC(C)c1nc2cc(N)ccc2n1C(C)CCCO. The Morgan fingerprint density at radius 3 is 2.68 bits per heavy atom. The summed E-state index contributed by atoms with van der Waals surface area (Å²) in [5.74, 6) is 1.45. The van der Waals surface area contributed by atoms with Gasteiger partial charge in [-0.3, -0.25) is 0 Å². The fourth-order valence-electron chi connectivity index (χ4n) is 2.52. The normalized spacial score (nSPS) is 13.3. The van der Waals surface area contributed by atoms with Crippen LogP contribution in [0.3, 0.4) is 0 Å². The zero-order valence-corrected chi connectivity index (χ0v) is 11.9. The summed E-state index contributed by atoms with van der Waals surface area (Å²) >= 11 is 0. The van der Waals surface area contributed by atoms with Crippen LogP contribution in [0.15, 0.2) is 18.2 Å². The van der Waals surface area contributed by atoms with Gasteiger partial charge in [0.2, 0.25) is 0 Å². The molecule has 0 fully saturated rings. The average molecular weight is 261 g/mol. The van der Waals surface area contributed by atoms with Crippen molar-refractivity contribution in [1.82, 2.24) is 9.55 Å². The highest BCUT2D eigenvalue weighted by Gasteiger charge is 2.17. The molecule has 0 amide bonds. The number of rotatable bonds is 5. The first-order valence-electron chi connectivity index (χ1n) is 6.92. The molecule has 0 aliphatic rings. The Morgan fingerprint density at radius 2 is 2.05 bits per heavy atom. The van der Waals surface area contributed by atoms with Gasteiger partial charge < -0.3 is 15.4 Å². The van der Waals surface area contributed by atoms with E-state index in [1.54, 1.807) is 0 Å². The fraction of sp³-hybridized carbons (Fsp3) is 0.533. The molecular formula is C15H23N3O. The summed E-state index contributed by atoms with van der Waals surface area (Å²) in [6.07, 6.45) is 1.76. The number of aliphatic hydroxyl groups is 1. The van der Waals surface area contributed by atoms with Gasteiger partial charge in [0.15, 0.2) is 0 Å². The number of aromatic nitrogens is 2. The maximum Gasteiger partial charge on any atom is 0.112 e. The third-order valence-corrected chi connectivity index (χ3v) is 3.48. The van der Waals surface area contributed by atoms with E-state index in [9.17, 15) is 0 Å². The van der Waals surface area contributed by atoms with E-state index in [1.165, 1.54) is 0 Å². The van der Waals surface area contributed by atoms with Gasteiger partial charge in [0.25, 0.3) is 0 Å². The van der Waals surface area contributed by atoms with Crippen molar-refractivity contribution < 1.29 is 5.11 Å². The van der Waals surface area contributed by atoms with Gasteiger partial charge in [-0.05, 0) is 38.0 Å². The number of nitrogens with two attached hydrogens (primary N) is 1. The van der Waals surface area contributed by atoms with Crippen LogP contribution in [-0.2, 0) is 0 Å². The Labute approximate surface area is 114 Å². The molecule has 0 radical (unpaired) electrons. The van der Waals surface area contributed by atoms with Crippen molar-refractivity contribution in [3.63, 3.8) is 0 Å². The summed E-state index contributed by atoms with van der Waals surface area (Å²) in [5, 5.41) is 9.00. The average Bonchev–Trinajstić information content (AvgIpc) is 2.74. The molecule has 104 valence electrons. The van der Waals surface area contributed by atoms with Crippen LogP contribution in [0.2, 0.25) is 0 Å². The van der Waals surface area contributed by atoms with E-state index in [0.717, 1.165) is 35.4 Å². The number of hydrogen-bond acceptors (Lipinski definition) is 3. The Morgan fingerprint density at radius 1 is 1.32 bits per heavy atom. The van der Waals surface area contributed by atoms with E-state index in [2.05, 4.69) is 25.3 Å². The Hall–Kier alpha value is -1.55. The van der Waals surface area contributed by atoms with Gasteiger partial charge in [0.1, 0.15) is 5.82 Å². The van der Waals surface area contributed by atoms with Crippen LogP contribution in [0.1, 0.15) is 51.4 Å². The Balaban J connectivity index is 2.51. The lowest BCUT2D eigenvalue weighted by atomic mass is 10.1. The molecule has 1 atom stereocenters. The summed E-state index contributed by atoms with van der Waals surface area (Å²) < 4.78 is 2.29. The second-order valence-corrected chi connectivity index (χ2v) is 5.46. The molecule has 3 N–H and O–H groups in total.